The highest BCUT2D eigenvalue weighted by Gasteiger charge is 2.23. The third-order valence-electron chi connectivity index (χ3n) is 4.73. The van der Waals surface area contributed by atoms with E-state index in [2.05, 4.69) is 9.88 Å². The second kappa shape index (κ2) is 7.36. The fraction of sp³-hybridized carbons (Fsp3) is 0.250. The van der Waals surface area contributed by atoms with Gasteiger partial charge in [-0.1, -0.05) is 41.7 Å². The van der Waals surface area contributed by atoms with Crippen molar-refractivity contribution in [3.63, 3.8) is 0 Å². The fourth-order valence-corrected chi connectivity index (χ4v) is 4.27. The lowest BCUT2D eigenvalue weighted by atomic mass is 10.1. The molecule has 4 rings (SSSR count). The zero-order valence-electron chi connectivity index (χ0n) is 14.7. The molecule has 1 aliphatic rings. The van der Waals surface area contributed by atoms with E-state index in [0.29, 0.717) is 19.5 Å². The molecule has 1 N–H and O–H groups in total. The van der Waals surface area contributed by atoms with E-state index in [-0.39, 0.29) is 11.5 Å². The molecule has 0 radical (unpaired) electrons. The molecule has 7 heteroatoms. The first-order valence-corrected chi connectivity index (χ1v) is 9.62. The van der Waals surface area contributed by atoms with Crippen LogP contribution in [-0.2, 0) is 11.2 Å². The smallest absolute Gasteiger partial charge is 0.335 e. The van der Waals surface area contributed by atoms with Gasteiger partial charge in [-0.2, -0.15) is 0 Å². The molecule has 0 atom stereocenters. The SMILES string of the molecule is O=C(O)c1ccc2nc(N3CCN(C(=O)Cc4ccccc4)CC3)sc2c1. The monoisotopic (exact) mass is 381 g/mol. The van der Waals surface area contributed by atoms with Gasteiger partial charge in [0.25, 0.3) is 0 Å². The number of piperazine rings is 1. The molecule has 2 aromatic carbocycles. The van der Waals surface area contributed by atoms with E-state index < -0.39 is 5.97 Å². The highest BCUT2D eigenvalue weighted by Crippen LogP contribution is 2.30. The second-order valence-corrected chi connectivity index (χ2v) is 7.52. The van der Waals surface area contributed by atoms with Crippen LogP contribution in [0.15, 0.2) is 48.5 Å². The molecular weight excluding hydrogens is 362 g/mol. The van der Waals surface area contributed by atoms with Crippen molar-refractivity contribution in [3.05, 3.63) is 59.7 Å². The molecule has 138 valence electrons. The van der Waals surface area contributed by atoms with Crippen molar-refractivity contribution < 1.29 is 14.7 Å². The van der Waals surface area contributed by atoms with Gasteiger partial charge in [-0.05, 0) is 23.8 Å². The molecule has 0 saturated carbocycles. The topological polar surface area (TPSA) is 73.7 Å². The predicted molar refractivity (Wildman–Crippen MR) is 106 cm³/mol. The Bertz CT molecular complexity index is 979. The summed E-state index contributed by atoms with van der Waals surface area (Å²) in [5.74, 6) is -0.784. The third kappa shape index (κ3) is 3.78. The summed E-state index contributed by atoms with van der Waals surface area (Å²) >= 11 is 1.50. The summed E-state index contributed by atoms with van der Waals surface area (Å²) in [7, 11) is 0. The molecule has 27 heavy (non-hydrogen) atoms. The molecule has 6 nitrogen and oxygen atoms in total. The van der Waals surface area contributed by atoms with E-state index in [1.54, 1.807) is 18.2 Å². The zero-order valence-corrected chi connectivity index (χ0v) is 15.5. The van der Waals surface area contributed by atoms with Crippen molar-refractivity contribution in [2.24, 2.45) is 0 Å². The summed E-state index contributed by atoms with van der Waals surface area (Å²) in [4.78, 5) is 32.3. The lowest BCUT2D eigenvalue weighted by Gasteiger charge is -2.34. The van der Waals surface area contributed by atoms with Gasteiger partial charge in [0.05, 0.1) is 22.2 Å². The highest BCUT2D eigenvalue weighted by atomic mass is 32.1. The van der Waals surface area contributed by atoms with Crippen LogP contribution in [0.5, 0.6) is 0 Å². The Labute approximate surface area is 160 Å². The van der Waals surface area contributed by atoms with Gasteiger partial charge in [0, 0.05) is 26.2 Å². The van der Waals surface area contributed by atoms with Crippen LogP contribution in [0, 0.1) is 0 Å². The fourth-order valence-electron chi connectivity index (χ4n) is 3.21. The van der Waals surface area contributed by atoms with Gasteiger partial charge in [-0.15, -0.1) is 0 Å². The summed E-state index contributed by atoms with van der Waals surface area (Å²) < 4.78 is 0.868. The number of aromatic carboxylic acids is 1. The summed E-state index contributed by atoms with van der Waals surface area (Å²) in [6.45, 7) is 2.79. The first-order valence-electron chi connectivity index (χ1n) is 8.81. The molecule has 0 spiro atoms. The van der Waals surface area contributed by atoms with Crippen molar-refractivity contribution in [2.75, 3.05) is 31.1 Å². The van der Waals surface area contributed by atoms with E-state index in [1.807, 2.05) is 35.2 Å². The molecule has 1 aliphatic heterocycles. The van der Waals surface area contributed by atoms with E-state index in [4.69, 9.17) is 5.11 Å². The van der Waals surface area contributed by atoms with Gasteiger partial charge in [0.1, 0.15) is 0 Å². The Morgan fingerprint density at radius 2 is 1.78 bits per heavy atom. The minimum Gasteiger partial charge on any atom is -0.478 e. The van der Waals surface area contributed by atoms with Crippen molar-refractivity contribution in [1.29, 1.82) is 0 Å². The third-order valence-corrected chi connectivity index (χ3v) is 5.80. The number of hydrogen-bond acceptors (Lipinski definition) is 5. The number of hydrogen-bond donors (Lipinski definition) is 1. The molecule has 0 aliphatic carbocycles. The van der Waals surface area contributed by atoms with Crippen LogP contribution >= 0.6 is 11.3 Å². The molecule has 0 bridgehead atoms. The molecule has 1 saturated heterocycles. The minimum atomic E-state index is -0.933. The van der Waals surface area contributed by atoms with Gasteiger partial charge in [0.2, 0.25) is 5.91 Å². The maximum atomic E-state index is 12.5. The van der Waals surface area contributed by atoms with Crippen molar-refractivity contribution in [1.82, 2.24) is 9.88 Å². The average molecular weight is 381 g/mol. The van der Waals surface area contributed by atoms with Gasteiger partial charge in [0.15, 0.2) is 5.13 Å². The maximum Gasteiger partial charge on any atom is 0.335 e. The summed E-state index contributed by atoms with van der Waals surface area (Å²) in [6, 6.07) is 14.8. The largest absolute Gasteiger partial charge is 0.478 e. The molecule has 0 unspecified atom stereocenters. The summed E-state index contributed by atoms with van der Waals surface area (Å²) in [6.07, 6.45) is 0.430. The number of carbonyl (C=O) groups excluding carboxylic acids is 1. The Morgan fingerprint density at radius 3 is 2.48 bits per heavy atom. The Hall–Kier alpha value is -2.93. The number of thiazole rings is 1. The van der Waals surface area contributed by atoms with Gasteiger partial charge < -0.3 is 14.9 Å². The first kappa shape index (κ1) is 17.5. The normalized spacial score (nSPS) is 14.5. The van der Waals surface area contributed by atoms with Crippen LogP contribution in [-0.4, -0.2) is 53.0 Å². The second-order valence-electron chi connectivity index (χ2n) is 6.51. The van der Waals surface area contributed by atoms with Crippen LogP contribution < -0.4 is 4.90 Å². The molecular formula is C20H19N3O3S. The zero-order chi connectivity index (χ0) is 18.8. The van der Waals surface area contributed by atoms with Crippen molar-refractivity contribution in [3.8, 4) is 0 Å². The Balaban J connectivity index is 1.41. The van der Waals surface area contributed by atoms with Crippen LogP contribution in [0.2, 0.25) is 0 Å². The van der Waals surface area contributed by atoms with Crippen LogP contribution in [0.3, 0.4) is 0 Å². The molecule has 2 heterocycles. The van der Waals surface area contributed by atoms with Gasteiger partial charge in [-0.3, -0.25) is 4.79 Å². The Kier molecular flexibility index (Phi) is 4.77. The first-order chi connectivity index (χ1) is 13.1. The van der Waals surface area contributed by atoms with Crippen molar-refractivity contribution >= 4 is 38.6 Å². The number of amides is 1. The quantitative estimate of drug-likeness (QED) is 0.752. The predicted octanol–water partition coefficient (Wildman–Crippen LogP) is 2.89. The van der Waals surface area contributed by atoms with Gasteiger partial charge in [-0.25, -0.2) is 9.78 Å². The van der Waals surface area contributed by atoms with E-state index in [0.717, 1.165) is 34.0 Å². The number of carboxylic acid groups (broad SMARTS) is 1. The lowest BCUT2D eigenvalue weighted by Crippen LogP contribution is -2.49. The average Bonchev–Trinajstić information content (AvgIpc) is 3.12. The standard InChI is InChI=1S/C20H19N3O3S/c24-18(12-14-4-2-1-3-5-14)22-8-10-23(11-9-22)20-21-16-7-6-15(19(25)26)13-17(16)27-20/h1-7,13H,8-12H2,(H,25,26). The highest BCUT2D eigenvalue weighted by molar-refractivity contribution is 7.22. The number of rotatable bonds is 4. The number of aromatic nitrogens is 1. The van der Waals surface area contributed by atoms with Gasteiger partial charge >= 0.3 is 5.97 Å². The maximum absolute atomic E-state index is 12.5. The molecule has 1 aromatic heterocycles. The summed E-state index contributed by atoms with van der Waals surface area (Å²) in [5, 5.41) is 10.0. The van der Waals surface area contributed by atoms with E-state index in [9.17, 15) is 9.59 Å². The van der Waals surface area contributed by atoms with E-state index in [1.165, 1.54) is 11.3 Å². The van der Waals surface area contributed by atoms with Crippen LogP contribution in [0.4, 0.5) is 5.13 Å². The number of carboxylic acids is 1. The van der Waals surface area contributed by atoms with Crippen molar-refractivity contribution in [2.45, 2.75) is 6.42 Å². The molecule has 1 amide bonds. The van der Waals surface area contributed by atoms with Crippen LogP contribution in [0.25, 0.3) is 10.2 Å². The number of benzene rings is 2. The summed E-state index contributed by atoms with van der Waals surface area (Å²) in [5.41, 5.74) is 2.11. The minimum absolute atomic E-state index is 0.149. The van der Waals surface area contributed by atoms with E-state index >= 15 is 0 Å². The number of fused-ring (bicyclic) bond motifs is 1. The lowest BCUT2D eigenvalue weighted by molar-refractivity contribution is -0.130. The van der Waals surface area contributed by atoms with Crippen LogP contribution in [0.1, 0.15) is 15.9 Å². The molecule has 1 fully saturated rings. The number of nitrogens with zero attached hydrogens (tertiary/aromatic N) is 3. The number of anilines is 1. The number of carbonyl (C=O) groups is 2. The Morgan fingerprint density at radius 1 is 1.04 bits per heavy atom. The molecule has 3 aromatic rings.